The Bertz CT molecular complexity index is 2890. The van der Waals surface area contributed by atoms with Crippen molar-refractivity contribution < 1.29 is 57.2 Å². The lowest BCUT2D eigenvalue weighted by atomic mass is 9.47. The van der Waals surface area contributed by atoms with E-state index < -0.39 is 102 Å². The van der Waals surface area contributed by atoms with Gasteiger partial charge in [0.25, 0.3) is 0 Å². The molecule has 408 valence electrons. The van der Waals surface area contributed by atoms with Crippen LogP contribution in [-0.2, 0) is 84.2 Å². The summed E-state index contributed by atoms with van der Waals surface area (Å²) in [6, 6.07) is 8.03. The molecular weight excluding hydrogens is 961 g/mol. The quantitative estimate of drug-likeness (QED) is 0.153. The molecule has 2 aromatic rings. The van der Waals surface area contributed by atoms with Crippen molar-refractivity contribution in [1.82, 2.24) is 0 Å². The molecule has 0 saturated heterocycles. The van der Waals surface area contributed by atoms with Crippen LogP contribution in [0, 0.1) is 33.5 Å². The van der Waals surface area contributed by atoms with Crippen molar-refractivity contribution in [3.63, 3.8) is 0 Å². The maximum Gasteiger partial charge on any atom is 0.335 e. The van der Waals surface area contributed by atoms with E-state index in [1.54, 1.807) is 55.4 Å². The van der Waals surface area contributed by atoms with E-state index in [9.17, 15) is 0 Å². The van der Waals surface area contributed by atoms with E-state index in [-0.39, 0.29) is 61.2 Å². The molecule has 8 bridgehead atoms. The van der Waals surface area contributed by atoms with Crippen LogP contribution in [0.2, 0.25) is 0 Å². The van der Waals surface area contributed by atoms with E-state index >= 15 is 28.8 Å². The Hall–Kier alpha value is -5.78. The van der Waals surface area contributed by atoms with Crippen LogP contribution in [-0.4, -0.2) is 71.1 Å². The molecule has 0 N–H and O–H groups in total. The molecule has 12 nitrogen and oxygen atoms in total. The molecule has 9 aliphatic rings. The number of ether oxygens (including phenoxy) is 6. The zero-order chi connectivity index (χ0) is 56.4. The SMILES string of the molecule is CCOC(=O)C1=C(C(=O)OC(C)(C)C)C2C(C(C)(C)C)=CC13Cc1cc(C(C)(C)C)cc4c1OC1(C4)C(=O)C4(C=C(C(C)(C)C)C1C(C(=O)OC(C)(C)C)=C4C(=O)OCC)Cc1cc(C(C)(C)C)cc4c1OC2(C4)C3=O. The molecule has 76 heavy (non-hydrogen) atoms. The molecule has 3 aliphatic heterocycles. The van der Waals surface area contributed by atoms with Crippen LogP contribution in [0.4, 0.5) is 0 Å². The smallest absolute Gasteiger partial charge is 0.335 e. The van der Waals surface area contributed by atoms with Gasteiger partial charge in [0.05, 0.1) is 58.2 Å². The summed E-state index contributed by atoms with van der Waals surface area (Å²) >= 11 is 0. The first kappa shape index (κ1) is 55.0. The largest absolute Gasteiger partial charge is 0.478 e. The van der Waals surface area contributed by atoms with E-state index in [0.717, 1.165) is 22.3 Å². The molecule has 4 spiro atoms. The Morgan fingerprint density at radius 3 is 1.04 bits per heavy atom. The van der Waals surface area contributed by atoms with Crippen LogP contribution in [0.5, 0.6) is 11.5 Å². The Morgan fingerprint density at radius 1 is 0.474 bits per heavy atom. The highest BCUT2D eigenvalue weighted by Crippen LogP contribution is 2.68. The van der Waals surface area contributed by atoms with Crippen LogP contribution in [0.3, 0.4) is 0 Å². The normalized spacial score (nSPS) is 27.6. The van der Waals surface area contributed by atoms with Gasteiger partial charge in [0.15, 0.2) is 22.8 Å². The van der Waals surface area contributed by atoms with Crippen LogP contribution in [0.25, 0.3) is 0 Å². The van der Waals surface area contributed by atoms with Gasteiger partial charge in [-0.15, -0.1) is 0 Å². The number of carbonyl (C=O) groups excluding carboxylic acids is 6. The van der Waals surface area contributed by atoms with Gasteiger partial charge in [-0.25, -0.2) is 19.2 Å². The molecule has 0 amide bonds. The zero-order valence-electron chi connectivity index (χ0n) is 48.8. The number of esters is 4. The average Bonchev–Trinajstić information content (AvgIpc) is 3.84. The Kier molecular flexibility index (Phi) is 12.2. The monoisotopic (exact) mass is 1040 g/mol. The Labute approximate surface area is 449 Å². The van der Waals surface area contributed by atoms with E-state index in [0.29, 0.717) is 33.8 Å². The number of hydrogen-bond acceptors (Lipinski definition) is 12. The number of Topliss-reactive ketones (excluding diaryl/α,β-unsaturated/α-hetero) is 2. The van der Waals surface area contributed by atoms with Gasteiger partial charge in [0.1, 0.15) is 22.7 Å². The van der Waals surface area contributed by atoms with E-state index in [1.807, 2.05) is 78.0 Å². The number of rotatable bonds is 6. The topological polar surface area (TPSA) is 158 Å². The molecule has 6 unspecified atom stereocenters. The number of hydrogen-bond donors (Lipinski definition) is 0. The molecule has 0 radical (unpaired) electrons. The number of benzene rings is 2. The van der Waals surface area contributed by atoms with Crippen molar-refractivity contribution in [3.05, 3.63) is 103 Å². The minimum atomic E-state index is -1.93. The third-order valence-electron chi connectivity index (χ3n) is 16.5. The van der Waals surface area contributed by atoms with Crippen molar-refractivity contribution in [2.45, 2.75) is 197 Å². The standard InChI is InChI=1S/C64H80O12/c1-21-71-51(67)45-41(49(65)75-59(15,16)17)43-39(57(9,10)11)31-61(45)27-33-23-37(55(3,4)5)26-36-30-64(74-47(33)36)44-40(58(12,13)14)32-62(54(64)70,46(52(68)72-22-2)42(44)50(66)76-60(18,19)20)28-34-24-38(56(6,7)8)25-35-29-63(43,53(61)69)73-48(34)35/h23-26,31-32,43-44H,21-22,27-30H2,1-20H3. The molecule has 3 heterocycles. The predicted octanol–water partition coefficient (Wildman–Crippen LogP) is 11.2. The lowest BCUT2D eigenvalue weighted by Crippen LogP contribution is -2.67. The minimum Gasteiger partial charge on any atom is -0.478 e. The van der Waals surface area contributed by atoms with E-state index in [2.05, 4.69) is 41.5 Å². The Morgan fingerprint density at radius 2 is 0.776 bits per heavy atom. The van der Waals surface area contributed by atoms with Crippen LogP contribution < -0.4 is 9.47 Å². The fourth-order valence-electron chi connectivity index (χ4n) is 13.4. The summed E-state index contributed by atoms with van der Waals surface area (Å²) in [5, 5.41) is 0. The van der Waals surface area contributed by atoms with E-state index in [1.165, 1.54) is 0 Å². The third kappa shape index (κ3) is 8.17. The molecule has 12 heteroatoms. The van der Waals surface area contributed by atoms with Gasteiger partial charge in [-0.05, 0) is 123 Å². The first-order valence-corrected chi connectivity index (χ1v) is 27.3. The fraction of sp³-hybridized carbons (Fsp3) is 0.594. The second-order valence-corrected chi connectivity index (χ2v) is 28.6. The summed E-state index contributed by atoms with van der Waals surface area (Å²) in [4.78, 5) is 95.4. The second-order valence-electron chi connectivity index (χ2n) is 28.6. The predicted molar refractivity (Wildman–Crippen MR) is 288 cm³/mol. The summed E-state index contributed by atoms with van der Waals surface area (Å²) < 4.78 is 39.7. The molecule has 6 aliphatic carbocycles. The summed E-state index contributed by atoms with van der Waals surface area (Å²) in [5.74, 6) is -5.68. The molecule has 0 fully saturated rings. The van der Waals surface area contributed by atoms with Gasteiger partial charge in [0.2, 0.25) is 0 Å². The highest BCUT2D eigenvalue weighted by molar-refractivity contribution is 6.17. The fourth-order valence-corrected chi connectivity index (χ4v) is 13.4. The molecule has 0 saturated carbocycles. The minimum absolute atomic E-state index is 0.0101. The molecular formula is C64H80O12. The van der Waals surface area contributed by atoms with Gasteiger partial charge in [0, 0.05) is 12.8 Å². The highest BCUT2D eigenvalue weighted by Gasteiger charge is 2.75. The van der Waals surface area contributed by atoms with Crippen molar-refractivity contribution in [2.75, 3.05) is 13.2 Å². The molecule has 0 aromatic heterocycles. The molecule has 6 atom stereocenters. The van der Waals surface area contributed by atoms with Crippen LogP contribution >= 0.6 is 0 Å². The maximum atomic E-state index is 17.0. The van der Waals surface area contributed by atoms with Gasteiger partial charge >= 0.3 is 23.9 Å². The first-order chi connectivity index (χ1) is 34.7. The zero-order valence-corrected chi connectivity index (χ0v) is 48.8. The van der Waals surface area contributed by atoms with Crippen molar-refractivity contribution >= 4 is 35.4 Å². The summed E-state index contributed by atoms with van der Waals surface area (Å²) in [6.07, 6.45) is 3.33. The van der Waals surface area contributed by atoms with E-state index in [4.69, 9.17) is 28.4 Å². The van der Waals surface area contributed by atoms with Crippen LogP contribution in [0.1, 0.15) is 172 Å². The van der Waals surface area contributed by atoms with Gasteiger partial charge in [-0.1, -0.05) is 131 Å². The van der Waals surface area contributed by atoms with Gasteiger partial charge in [-0.2, -0.15) is 0 Å². The molecule has 11 rings (SSSR count). The second kappa shape index (κ2) is 16.9. The Balaban J connectivity index is 1.51. The third-order valence-corrected chi connectivity index (χ3v) is 16.5. The number of allylic oxidation sites excluding steroid dienone is 2. The first-order valence-electron chi connectivity index (χ1n) is 27.3. The summed E-state index contributed by atoms with van der Waals surface area (Å²) in [7, 11) is 0. The van der Waals surface area contributed by atoms with Gasteiger partial charge in [-0.3, -0.25) is 9.59 Å². The van der Waals surface area contributed by atoms with Gasteiger partial charge < -0.3 is 28.4 Å². The van der Waals surface area contributed by atoms with Crippen molar-refractivity contribution in [3.8, 4) is 11.5 Å². The van der Waals surface area contributed by atoms with Crippen molar-refractivity contribution in [2.24, 2.45) is 33.5 Å². The van der Waals surface area contributed by atoms with Crippen molar-refractivity contribution in [1.29, 1.82) is 0 Å². The van der Waals surface area contributed by atoms with Crippen LogP contribution in [0.15, 0.2) is 69.9 Å². The number of ketones is 2. The maximum absolute atomic E-state index is 17.0. The summed E-state index contributed by atoms with van der Waals surface area (Å²) in [6.45, 7) is 38.5. The highest BCUT2D eigenvalue weighted by atomic mass is 16.6. The number of carbonyl (C=O) groups is 6. The average molecular weight is 1040 g/mol. The lowest BCUT2D eigenvalue weighted by molar-refractivity contribution is -0.160. The molecule has 2 aromatic carbocycles. The summed E-state index contributed by atoms with van der Waals surface area (Å²) in [5.41, 5.74) is -6.80. The lowest BCUT2D eigenvalue weighted by Gasteiger charge is -2.56.